The van der Waals surface area contributed by atoms with Crippen molar-refractivity contribution >= 4 is 5.82 Å². The summed E-state index contributed by atoms with van der Waals surface area (Å²) in [5, 5.41) is 12.6. The molecule has 2 unspecified atom stereocenters. The molecular weight excluding hydrogens is 226 g/mol. The number of nitrogens with zero attached hydrogens (tertiary/aromatic N) is 2. The van der Waals surface area contributed by atoms with Crippen LogP contribution in [0.25, 0.3) is 0 Å². The first-order valence-corrected chi connectivity index (χ1v) is 7.07. The van der Waals surface area contributed by atoms with Gasteiger partial charge in [-0.15, -0.1) is 0 Å². The van der Waals surface area contributed by atoms with Crippen molar-refractivity contribution in [2.75, 3.05) is 11.9 Å². The summed E-state index contributed by atoms with van der Waals surface area (Å²) in [6.07, 6.45) is 8.90. The van der Waals surface area contributed by atoms with Gasteiger partial charge in [-0.1, -0.05) is 6.42 Å². The van der Waals surface area contributed by atoms with E-state index < -0.39 is 0 Å². The summed E-state index contributed by atoms with van der Waals surface area (Å²) in [6, 6.07) is 2.43. The molecule has 18 heavy (non-hydrogen) atoms. The first-order chi connectivity index (χ1) is 8.86. The molecule has 0 radical (unpaired) electrons. The molecule has 4 heteroatoms. The van der Waals surface area contributed by atoms with Gasteiger partial charge in [-0.3, -0.25) is 0 Å². The third-order valence-corrected chi connectivity index (χ3v) is 4.11. The highest BCUT2D eigenvalue weighted by atomic mass is 16.3. The summed E-state index contributed by atoms with van der Waals surface area (Å²) in [5.41, 5.74) is 0. The molecule has 2 fully saturated rings. The van der Waals surface area contributed by atoms with Gasteiger partial charge in [0.1, 0.15) is 11.6 Å². The maximum atomic E-state index is 9.08. The molecule has 2 aliphatic carbocycles. The van der Waals surface area contributed by atoms with Gasteiger partial charge in [0.15, 0.2) is 0 Å². The Hall–Kier alpha value is -1.16. The molecule has 1 aromatic heterocycles. The molecule has 0 aliphatic heterocycles. The van der Waals surface area contributed by atoms with Gasteiger partial charge < -0.3 is 10.4 Å². The van der Waals surface area contributed by atoms with Crippen molar-refractivity contribution in [3.63, 3.8) is 0 Å². The van der Waals surface area contributed by atoms with Crippen LogP contribution in [-0.4, -0.2) is 27.7 Å². The molecule has 4 nitrogen and oxygen atoms in total. The van der Waals surface area contributed by atoms with Gasteiger partial charge >= 0.3 is 0 Å². The van der Waals surface area contributed by atoms with Gasteiger partial charge in [-0.05, 0) is 44.1 Å². The van der Waals surface area contributed by atoms with Crippen molar-refractivity contribution in [2.24, 2.45) is 5.92 Å². The van der Waals surface area contributed by atoms with E-state index in [1.54, 1.807) is 0 Å². The predicted molar refractivity (Wildman–Crippen MR) is 70.5 cm³/mol. The Balaban J connectivity index is 1.65. The minimum Gasteiger partial charge on any atom is -0.396 e. The molecule has 0 bridgehead atoms. The van der Waals surface area contributed by atoms with Crippen molar-refractivity contribution < 1.29 is 5.11 Å². The molecule has 0 saturated heterocycles. The van der Waals surface area contributed by atoms with Gasteiger partial charge in [0.05, 0.1) is 0 Å². The SMILES string of the molecule is OCCC1CCCC1Nc1ccnc(C2CC2)n1. The van der Waals surface area contributed by atoms with Crippen molar-refractivity contribution in [3.05, 3.63) is 18.1 Å². The number of aliphatic hydroxyl groups excluding tert-OH is 1. The fourth-order valence-corrected chi connectivity index (χ4v) is 2.92. The summed E-state index contributed by atoms with van der Waals surface area (Å²) >= 11 is 0. The lowest BCUT2D eigenvalue weighted by molar-refractivity contribution is 0.254. The summed E-state index contributed by atoms with van der Waals surface area (Å²) in [7, 11) is 0. The van der Waals surface area contributed by atoms with Gasteiger partial charge in [0.25, 0.3) is 0 Å². The fraction of sp³-hybridized carbons (Fsp3) is 0.714. The number of aromatic nitrogens is 2. The van der Waals surface area contributed by atoms with E-state index in [0.717, 1.165) is 18.1 Å². The van der Waals surface area contributed by atoms with E-state index in [2.05, 4.69) is 15.3 Å². The zero-order valence-electron chi connectivity index (χ0n) is 10.7. The zero-order valence-corrected chi connectivity index (χ0v) is 10.7. The van der Waals surface area contributed by atoms with Crippen LogP contribution in [0.3, 0.4) is 0 Å². The maximum absolute atomic E-state index is 9.08. The Morgan fingerprint density at radius 1 is 1.28 bits per heavy atom. The van der Waals surface area contributed by atoms with E-state index >= 15 is 0 Å². The Kier molecular flexibility index (Phi) is 3.46. The van der Waals surface area contributed by atoms with E-state index in [1.807, 2.05) is 12.3 Å². The normalized spacial score (nSPS) is 27.4. The Morgan fingerprint density at radius 3 is 2.94 bits per heavy atom. The van der Waals surface area contributed by atoms with Crippen LogP contribution >= 0.6 is 0 Å². The molecule has 2 saturated carbocycles. The highest BCUT2D eigenvalue weighted by Gasteiger charge is 2.29. The minimum atomic E-state index is 0.292. The van der Waals surface area contributed by atoms with Crippen LogP contribution in [0.4, 0.5) is 5.82 Å². The van der Waals surface area contributed by atoms with E-state index in [4.69, 9.17) is 5.11 Å². The van der Waals surface area contributed by atoms with Gasteiger partial charge in [-0.25, -0.2) is 9.97 Å². The zero-order chi connectivity index (χ0) is 12.4. The monoisotopic (exact) mass is 247 g/mol. The second kappa shape index (κ2) is 5.22. The first kappa shape index (κ1) is 11.9. The summed E-state index contributed by atoms with van der Waals surface area (Å²) in [6.45, 7) is 0.292. The summed E-state index contributed by atoms with van der Waals surface area (Å²) in [4.78, 5) is 8.95. The molecule has 1 heterocycles. The number of aliphatic hydroxyl groups is 1. The lowest BCUT2D eigenvalue weighted by Crippen LogP contribution is -2.25. The standard InChI is InChI=1S/C14H21N3O/c18-9-7-10-2-1-3-12(10)16-13-6-8-15-14(17-13)11-4-5-11/h6,8,10-12,18H,1-5,7,9H2,(H,15,16,17). The van der Waals surface area contributed by atoms with Crippen LogP contribution in [0.2, 0.25) is 0 Å². The number of nitrogens with one attached hydrogen (secondary N) is 1. The van der Waals surface area contributed by atoms with Crippen molar-refractivity contribution in [2.45, 2.75) is 50.5 Å². The molecule has 0 spiro atoms. The van der Waals surface area contributed by atoms with E-state index in [9.17, 15) is 0 Å². The lowest BCUT2D eigenvalue weighted by atomic mass is 10.0. The smallest absolute Gasteiger partial charge is 0.133 e. The average molecular weight is 247 g/mol. The second-order valence-electron chi connectivity index (χ2n) is 5.53. The quantitative estimate of drug-likeness (QED) is 0.838. The fourth-order valence-electron chi connectivity index (χ4n) is 2.92. The third kappa shape index (κ3) is 2.64. The second-order valence-corrected chi connectivity index (χ2v) is 5.53. The topological polar surface area (TPSA) is 58.0 Å². The van der Waals surface area contributed by atoms with Crippen LogP contribution in [0, 0.1) is 5.92 Å². The lowest BCUT2D eigenvalue weighted by Gasteiger charge is -2.20. The Labute approximate surface area is 108 Å². The molecule has 98 valence electrons. The molecule has 0 amide bonds. The van der Waals surface area contributed by atoms with Crippen LogP contribution < -0.4 is 5.32 Å². The number of rotatable bonds is 5. The largest absolute Gasteiger partial charge is 0.396 e. The number of hydrogen-bond donors (Lipinski definition) is 2. The highest BCUT2D eigenvalue weighted by molar-refractivity contribution is 5.35. The summed E-state index contributed by atoms with van der Waals surface area (Å²) < 4.78 is 0. The maximum Gasteiger partial charge on any atom is 0.133 e. The van der Waals surface area contributed by atoms with E-state index in [-0.39, 0.29) is 0 Å². The van der Waals surface area contributed by atoms with Crippen molar-refractivity contribution in [1.29, 1.82) is 0 Å². The number of anilines is 1. The molecule has 0 aromatic carbocycles. The average Bonchev–Trinajstić information content (AvgIpc) is 3.15. The van der Waals surface area contributed by atoms with E-state index in [0.29, 0.717) is 24.5 Å². The Bertz CT molecular complexity index is 406. The van der Waals surface area contributed by atoms with E-state index in [1.165, 1.54) is 32.1 Å². The Morgan fingerprint density at radius 2 is 2.17 bits per heavy atom. The minimum absolute atomic E-state index is 0.292. The van der Waals surface area contributed by atoms with Crippen LogP contribution in [0.5, 0.6) is 0 Å². The van der Waals surface area contributed by atoms with Crippen molar-refractivity contribution in [1.82, 2.24) is 9.97 Å². The van der Waals surface area contributed by atoms with Gasteiger partial charge in [-0.2, -0.15) is 0 Å². The predicted octanol–water partition coefficient (Wildman–Crippen LogP) is 2.32. The highest BCUT2D eigenvalue weighted by Crippen LogP contribution is 2.38. The van der Waals surface area contributed by atoms with Crippen LogP contribution in [0.15, 0.2) is 12.3 Å². The summed E-state index contributed by atoms with van der Waals surface area (Å²) in [5.74, 6) is 3.15. The molecule has 2 aliphatic rings. The van der Waals surface area contributed by atoms with Gasteiger partial charge in [0, 0.05) is 24.8 Å². The molecule has 1 aromatic rings. The van der Waals surface area contributed by atoms with Crippen LogP contribution in [0.1, 0.15) is 50.3 Å². The molecule has 2 N–H and O–H groups in total. The van der Waals surface area contributed by atoms with Crippen LogP contribution in [-0.2, 0) is 0 Å². The first-order valence-electron chi connectivity index (χ1n) is 7.07. The third-order valence-electron chi connectivity index (χ3n) is 4.11. The molecule has 3 rings (SSSR count). The molecular formula is C14H21N3O. The molecule has 2 atom stereocenters. The van der Waals surface area contributed by atoms with Gasteiger partial charge in [0.2, 0.25) is 0 Å². The number of hydrogen-bond acceptors (Lipinski definition) is 4. The van der Waals surface area contributed by atoms with Crippen molar-refractivity contribution in [3.8, 4) is 0 Å².